The first-order valence-electron chi connectivity index (χ1n) is 4.68. The lowest BCUT2D eigenvalue weighted by Crippen LogP contribution is -2.23. The van der Waals surface area contributed by atoms with Crippen LogP contribution in [0.5, 0.6) is 0 Å². The van der Waals surface area contributed by atoms with Crippen LogP contribution in [0.2, 0.25) is 0 Å². The van der Waals surface area contributed by atoms with E-state index in [0.717, 1.165) is 0 Å². The molecule has 1 aliphatic heterocycles. The molecular formula is C10H18O2S. The van der Waals surface area contributed by atoms with Crippen molar-refractivity contribution in [3.05, 3.63) is 0 Å². The number of carbonyl (C=O) groups is 1. The Kier molecular flexibility index (Phi) is 2.95. The zero-order valence-electron chi connectivity index (χ0n) is 8.96. The highest BCUT2D eigenvalue weighted by Crippen LogP contribution is 2.41. The Hall–Kier alpha value is -0.180. The molecule has 1 rings (SSSR count). The number of esters is 1. The van der Waals surface area contributed by atoms with Gasteiger partial charge in [0.15, 0.2) is 5.44 Å². The maximum Gasteiger partial charge on any atom is 0.320 e. The highest BCUT2D eigenvalue weighted by atomic mass is 32.2. The number of cyclic esters (lactones) is 1. The lowest BCUT2D eigenvalue weighted by molar-refractivity contribution is -0.145. The van der Waals surface area contributed by atoms with Gasteiger partial charge in [0.25, 0.3) is 0 Å². The van der Waals surface area contributed by atoms with Crippen molar-refractivity contribution >= 4 is 17.7 Å². The summed E-state index contributed by atoms with van der Waals surface area (Å²) < 4.78 is 5.32. The molecule has 0 N–H and O–H groups in total. The summed E-state index contributed by atoms with van der Waals surface area (Å²) in [4.78, 5) is 11.4. The molecule has 0 aromatic heterocycles. The van der Waals surface area contributed by atoms with Crippen molar-refractivity contribution < 1.29 is 9.53 Å². The molecule has 0 aromatic carbocycles. The van der Waals surface area contributed by atoms with Gasteiger partial charge in [-0.1, -0.05) is 34.6 Å². The Morgan fingerprint density at radius 2 is 1.92 bits per heavy atom. The normalized spacial score (nSPS) is 29.5. The molecular weight excluding hydrogens is 184 g/mol. The monoisotopic (exact) mass is 202 g/mol. The van der Waals surface area contributed by atoms with Crippen LogP contribution in [-0.2, 0) is 9.53 Å². The summed E-state index contributed by atoms with van der Waals surface area (Å²) >= 11 is 1.66. The van der Waals surface area contributed by atoms with E-state index in [1.165, 1.54) is 0 Å². The first kappa shape index (κ1) is 10.9. The van der Waals surface area contributed by atoms with Crippen molar-refractivity contribution in [2.75, 3.05) is 0 Å². The fourth-order valence-electron chi connectivity index (χ4n) is 1.20. The van der Waals surface area contributed by atoms with E-state index in [4.69, 9.17) is 4.74 Å². The predicted molar refractivity (Wildman–Crippen MR) is 55.6 cm³/mol. The smallest absolute Gasteiger partial charge is 0.320 e. The molecule has 1 aliphatic rings. The van der Waals surface area contributed by atoms with Gasteiger partial charge in [-0.2, -0.15) is 0 Å². The Labute approximate surface area is 84.4 Å². The fourth-order valence-corrected chi connectivity index (χ4v) is 2.51. The standard InChI is InChI=1S/C10H18O2S/c1-6(2)7-8(11)12-9(13-7)10(3,4)5/h6-7,9H,1-5H3/t7-,9+/m1/s1. The van der Waals surface area contributed by atoms with E-state index in [1.807, 2.05) is 0 Å². The lowest BCUT2D eigenvalue weighted by Gasteiger charge is -2.24. The SMILES string of the molecule is CC(C)[C@H]1S[C@@H](C(C)(C)C)OC1=O. The van der Waals surface area contributed by atoms with Gasteiger partial charge in [0.1, 0.15) is 5.25 Å². The van der Waals surface area contributed by atoms with E-state index >= 15 is 0 Å². The maximum absolute atomic E-state index is 11.4. The molecule has 1 heterocycles. The van der Waals surface area contributed by atoms with Gasteiger partial charge >= 0.3 is 5.97 Å². The number of rotatable bonds is 1. The average molecular weight is 202 g/mol. The van der Waals surface area contributed by atoms with Crippen LogP contribution in [0.1, 0.15) is 34.6 Å². The highest BCUT2D eigenvalue weighted by Gasteiger charge is 2.42. The van der Waals surface area contributed by atoms with Crippen molar-refractivity contribution in [1.29, 1.82) is 0 Å². The summed E-state index contributed by atoms with van der Waals surface area (Å²) in [6.45, 7) is 10.4. The zero-order valence-corrected chi connectivity index (χ0v) is 9.77. The van der Waals surface area contributed by atoms with Crippen molar-refractivity contribution in [2.24, 2.45) is 11.3 Å². The summed E-state index contributed by atoms with van der Waals surface area (Å²) in [6.07, 6.45) is 0. The van der Waals surface area contributed by atoms with Gasteiger partial charge in [0.05, 0.1) is 0 Å². The molecule has 0 bridgehead atoms. The number of thioether (sulfide) groups is 1. The van der Waals surface area contributed by atoms with Crippen LogP contribution >= 0.6 is 11.8 Å². The van der Waals surface area contributed by atoms with Crippen LogP contribution < -0.4 is 0 Å². The molecule has 76 valence electrons. The largest absolute Gasteiger partial charge is 0.450 e. The number of carbonyl (C=O) groups excluding carboxylic acids is 1. The molecule has 0 aliphatic carbocycles. The molecule has 0 aromatic rings. The highest BCUT2D eigenvalue weighted by molar-refractivity contribution is 8.01. The Morgan fingerprint density at radius 3 is 2.15 bits per heavy atom. The van der Waals surface area contributed by atoms with E-state index in [2.05, 4.69) is 34.6 Å². The molecule has 1 fully saturated rings. The first-order chi connectivity index (χ1) is 5.82. The van der Waals surface area contributed by atoms with Crippen molar-refractivity contribution in [1.82, 2.24) is 0 Å². The van der Waals surface area contributed by atoms with Crippen molar-refractivity contribution in [3.8, 4) is 0 Å². The molecule has 2 atom stereocenters. The Morgan fingerprint density at radius 1 is 1.38 bits per heavy atom. The Bertz CT molecular complexity index is 205. The van der Waals surface area contributed by atoms with Crippen molar-refractivity contribution in [2.45, 2.75) is 45.3 Å². The minimum atomic E-state index is -0.0417. The summed E-state index contributed by atoms with van der Waals surface area (Å²) in [5, 5.41) is 0.0317. The zero-order chi connectivity index (χ0) is 10.2. The number of hydrogen-bond donors (Lipinski definition) is 0. The van der Waals surface area contributed by atoms with Crippen LogP contribution in [-0.4, -0.2) is 16.7 Å². The second-order valence-electron chi connectivity index (χ2n) is 4.94. The van der Waals surface area contributed by atoms with Gasteiger partial charge in [0, 0.05) is 5.41 Å². The second-order valence-corrected chi connectivity index (χ2v) is 6.14. The predicted octanol–water partition coefficient (Wildman–Crippen LogP) is 2.67. The van der Waals surface area contributed by atoms with E-state index in [1.54, 1.807) is 11.8 Å². The molecule has 3 heteroatoms. The molecule has 0 saturated carbocycles. The molecule has 0 unspecified atom stereocenters. The summed E-state index contributed by atoms with van der Waals surface area (Å²) in [5.41, 5.74) is 0.0663. The average Bonchev–Trinajstić information content (AvgIpc) is 2.29. The third kappa shape index (κ3) is 2.39. The van der Waals surface area contributed by atoms with Gasteiger partial charge in [-0.05, 0) is 5.92 Å². The third-order valence-corrected chi connectivity index (χ3v) is 4.12. The van der Waals surface area contributed by atoms with Crippen molar-refractivity contribution in [3.63, 3.8) is 0 Å². The van der Waals surface area contributed by atoms with E-state index in [0.29, 0.717) is 5.92 Å². The summed E-state index contributed by atoms with van der Waals surface area (Å²) in [7, 11) is 0. The number of hydrogen-bond acceptors (Lipinski definition) is 3. The summed E-state index contributed by atoms with van der Waals surface area (Å²) in [6, 6.07) is 0. The van der Waals surface area contributed by atoms with E-state index in [9.17, 15) is 4.79 Å². The van der Waals surface area contributed by atoms with Crippen LogP contribution in [0.15, 0.2) is 0 Å². The van der Waals surface area contributed by atoms with Gasteiger partial charge < -0.3 is 4.74 Å². The van der Waals surface area contributed by atoms with Gasteiger partial charge in [0.2, 0.25) is 0 Å². The lowest BCUT2D eigenvalue weighted by atomic mass is 9.98. The number of ether oxygens (including phenoxy) is 1. The Balaban J connectivity index is 2.66. The van der Waals surface area contributed by atoms with Crippen LogP contribution in [0.4, 0.5) is 0 Å². The van der Waals surface area contributed by atoms with Gasteiger partial charge in [-0.15, -0.1) is 11.8 Å². The van der Waals surface area contributed by atoms with Gasteiger partial charge in [-0.3, -0.25) is 4.79 Å². The first-order valence-corrected chi connectivity index (χ1v) is 5.62. The quantitative estimate of drug-likeness (QED) is 0.611. The maximum atomic E-state index is 11.4. The molecule has 13 heavy (non-hydrogen) atoms. The molecule has 0 radical (unpaired) electrons. The van der Waals surface area contributed by atoms with Crippen LogP contribution in [0.3, 0.4) is 0 Å². The molecule has 2 nitrogen and oxygen atoms in total. The minimum absolute atomic E-state index is 0.0207. The second kappa shape index (κ2) is 3.52. The minimum Gasteiger partial charge on any atom is -0.450 e. The molecule has 0 spiro atoms. The van der Waals surface area contributed by atoms with Gasteiger partial charge in [-0.25, -0.2) is 0 Å². The fraction of sp³-hybridized carbons (Fsp3) is 0.900. The topological polar surface area (TPSA) is 26.3 Å². The van der Waals surface area contributed by atoms with Crippen LogP contribution in [0.25, 0.3) is 0 Å². The summed E-state index contributed by atoms with van der Waals surface area (Å²) in [5.74, 6) is 0.324. The van der Waals surface area contributed by atoms with E-state index < -0.39 is 0 Å². The molecule has 1 saturated heterocycles. The van der Waals surface area contributed by atoms with E-state index in [-0.39, 0.29) is 22.1 Å². The van der Waals surface area contributed by atoms with Crippen LogP contribution in [0, 0.1) is 11.3 Å². The molecule has 0 amide bonds. The third-order valence-electron chi connectivity index (χ3n) is 2.04.